The van der Waals surface area contributed by atoms with Gasteiger partial charge in [-0.1, -0.05) is 0 Å². The number of fused-ring (bicyclic) bond motifs is 1. The normalized spacial score (nSPS) is 13.3. The van der Waals surface area contributed by atoms with Gasteiger partial charge < -0.3 is 25.2 Å². The predicted molar refractivity (Wildman–Crippen MR) is 72.6 cm³/mol. The van der Waals surface area contributed by atoms with E-state index in [-0.39, 0.29) is 0 Å². The first-order chi connectivity index (χ1) is 9.26. The summed E-state index contributed by atoms with van der Waals surface area (Å²) in [5.74, 6) is -1.03. The zero-order valence-corrected chi connectivity index (χ0v) is 11.5. The van der Waals surface area contributed by atoms with Gasteiger partial charge in [0.15, 0.2) is 0 Å². The monoisotopic (exact) mass is 299 g/mol. The van der Waals surface area contributed by atoms with E-state index in [2.05, 4.69) is 15.3 Å². The van der Waals surface area contributed by atoms with Crippen LogP contribution in [0.25, 0.3) is 11.0 Å². The average molecular weight is 299 g/mol. The highest BCUT2D eigenvalue weighted by molar-refractivity contribution is 7.50. The molecule has 0 amide bonds. The number of carbonyl (C=O) groups is 1. The number of imidazole rings is 1. The minimum absolute atomic E-state index is 0.398. The van der Waals surface area contributed by atoms with Crippen LogP contribution in [0.2, 0.25) is 0 Å². The molecule has 1 aromatic heterocycles. The molecule has 5 N–H and O–H groups in total. The smallest absolute Gasteiger partial charge is 0.329 e. The number of nitrogens with zero attached hydrogens (tertiary/aromatic N) is 1. The van der Waals surface area contributed by atoms with Crippen molar-refractivity contribution < 1.29 is 24.3 Å². The van der Waals surface area contributed by atoms with Crippen LogP contribution < -0.4 is 5.32 Å². The van der Waals surface area contributed by atoms with Gasteiger partial charge in [-0.25, -0.2) is 4.98 Å². The lowest BCUT2D eigenvalue weighted by atomic mass is 10.1. The van der Waals surface area contributed by atoms with Crippen LogP contribution in [0.15, 0.2) is 18.5 Å². The highest BCUT2D eigenvalue weighted by Gasteiger charge is 2.18. The van der Waals surface area contributed by atoms with Crippen LogP contribution in [0, 0.1) is 0 Å². The third-order valence-corrected chi connectivity index (χ3v) is 3.49. The summed E-state index contributed by atoms with van der Waals surface area (Å²) in [5, 5.41) is 11.7. The molecule has 0 bridgehead atoms. The van der Waals surface area contributed by atoms with Gasteiger partial charge in [-0.05, 0) is 24.6 Å². The second kappa shape index (κ2) is 5.24. The van der Waals surface area contributed by atoms with Gasteiger partial charge in [0, 0.05) is 0 Å². The van der Waals surface area contributed by atoms with E-state index in [4.69, 9.17) is 14.9 Å². The Bertz CT molecular complexity index is 692. The summed E-state index contributed by atoms with van der Waals surface area (Å²) in [6, 6.07) is 2.24. The maximum Gasteiger partial charge on any atom is 0.329 e. The standard InChI is InChI=1S/C11H14N3O5P/c1-6(11(15)16)14-9-3-7(4-20(17,18)19)2-8-10(9)13-5-12-8/h2-3,5-6,14H,4H2,1H3,(H,12,13)(H,15,16)(H2,17,18,19)/t6-/m0/s1. The van der Waals surface area contributed by atoms with Crippen LogP contribution in [0.4, 0.5) is 5.69 Å². The largest absolute Gasteiger partial charge is 0.480 e. The molecule has 2 rings (SSSR count). The number of hydrogen-bond acceptors (Lipinski definition) is 4. The van der Waals surface area contributed by atoms with Crippen LogP contribution in [-0.2, 0) is 15.5 Å². The lowest BCUT2D eigenvalue weighted by Crippen LogP contribution is -2.25. The molecule has 2 aromatic rings. The van der Waals surface area contributed by atoms with Crippen molar-refractivity contribution in [3.63, 3.8) is 0 Å². The zero-order valence-electron chi connectivity index (χ0n) is 10.6. The Balaban J connectivity index is 2.43. The zero-order chi connectivity index (χ0) is 14.9. The maximum absolute atomic E-state index is 11.1. The number of aromatic amines is 1. The lowest BCUT2D eigenvalue weighted by molar-refractivity contribution is -0.137. The first-order valence-electron chi connectivity index (χ1n) is 5.76. The number of hydrogen-bond donors (Lipinski definition) is 5. The number of carboxylic acids is 1. The first-order valence-corrected chi connectivity index (χ1v) is 7.56. The number of carboxylic acid groups (broad SMARTS) is 1. The third kappa shape index (κ3) is 3.36. The molecule has 0 aliphatic carbocycles. The summed E-state index contributed by atoms with van der Waals surface area (Å²) < 4.78 is 11.1. The number of aromatic nitrogens is 2. The predicted octanol–water partition coefficient (Wildman–Crippen LogP) is 1.13. The van der Waals surface area contributed by atoms with Crippen LogP contribution >= 0.6 is 7.60 Å². The molecule has 0 saturated carbocycles. The summed E-state index contributed by atoms with van der Waals surface area (Å²) in [6.45, 7) is 1.47. The quantitative estimate of drug-likeness (QED) is 0.522. The van der Waals surface area contributed by atoms with E-state index in [9.17, 15) is 9.36 Å². The van der Waals surface area contributed by atoms with Crippen molar-refractivity contribution in [3.05, 3.63) is 24.0 Å². The molecule has 0 aliphatic heterocycles. The van der Waals surface area contributed by atoms with Gasteiger partial charge in [-0.15, -0.1) is 0 Å². The molecular formula is C11H14N3O5P. The second-order valence-corrected chi connectivity index (χ2v) is 6.11. The van der Waals surface area contributed by atoms with Gasteiger partial charge in [-0.3, -0.25) is 9.36 Å². The fraction of sp³-hybridized carbons (Fsp3) is 0.273. The Morgan fingerprint density at radius 1 is 1.50 bits per heavy atom. The molecule has 0 unspecified atom stereocenters. The molecule has 0 radical (unpaired) electrons. The van der Waals surface area contributed by atoms with E-state index in [1.165, 1.54) is 19.3 Å². The number of aliphatic carboxylic acids is 1. The van der Waals surface area contributed by atoms with Crippen molar-refractivity contribution >= 4 is 30.3 Å². The van der Waals surface area contributed by atoms with Crippen molar-refractivity contribution in [3.8, 4) is 0 Å². The minimum atomic E-state index is -4.20. The molecule has 0 aliphatic rings. The van der Waals surface area contributed by atoms with Gasteiger partial charge in [0.1, 0.15) is 11.6 Å². The molecule has 0 spiro atoms. The second-order valence-electron chi connectivity index (χ2n) is 4.47. The highest BCUT2D eigenvalue weighted by atomic mass is 31.2. The topological polar surface area (TPSA) is 136 Å². The fourth-order valence-corrected chi connectivity index (χ4v) is 2.50. The molecule has 0 fully saturated rings. The van der Waals surface area contributed by atoms with Gasteiger partial charge in [0.2, 0.25) is 0 Å². The maximum atomic E-state index is 11.1. The summed E-state index contributed by atoms with van der Waals surface area (Å²) >= 11 is 0. The van der Waals surface area contributed by atoms with Gasteiger partial charge in [0.05, 0.1) is 23.7 Å². The lowest BCUT2D eigenvalue weighted by Gasteiger charge is -2.13. The van der Waals surface area contributed by atoms with Gasteiger partial charge in [-0.2, -0.15) is 0 Å². The first kappa shape index (κ1) is 14.5. The number of nitrogens with one attached hydrogen (secondary N) is 2. The van der Waals surface area contributed by atoms with Crippen LogP contribution in [0.3, 0.4) is 0 Å². The third-order valence-electron chi connectivity index (χ3n) is 2.71. The van der Waals surface area contributed by atoms with Crippen molar-refractivity contribution in [2.24, 2.45) is 0 Å². The summed E-state index contributed by atoms with van der Waals surface area (Å²) in [7, 11) is -4.20. The van der Waals surface area contributed by atoms with Gasteiger partial charge in [0.25, 0.3) is 0 Å². The Hall–Kier alpha value is -1.89. The van der Waals surface area contributed by atoms with Crippen molar-refractivity contribution in [1.29, 1.82) is 0 Å². The van der Waals surface area contributed by atoms with Crippen LogP contribution in [-0.4, -0.2) is 36.9 Å². The van der Waals surface area contributed by atoms with Crippen LogP contribution in [0.1, 0.15) is 12.5 Å². The highest BCUT2D eigenvalue weighted by Crippen LogP contribution is 2.40. The molecule has 1 atom stereocenters. The molecular weight excluding hydrogens is 285 g/mol. The molecule has 9 heteroatoms. The molecule has 8 nitrogen and oxygen atoms in total. The Morgan fingerprint density at radius 2 is 2.20 bits per heavy atom. The van der Waals surface area contributed by atoms with Gasteiger partial charge >= 0.3 is 13.6 Å². The molecule has 0 saturated heterocycles. The number of rotatable bonds is 5. The van der Waals surface area contributed by atoms with Crippen molar-refractivity contribution in [1.82, 2.24) is 9.97 Å². The summed E-state index contributed by atoms with van der Waals surface area (Å²) in [6.07, 6.45) is 1.01. The van der Waals surface area contributed by atoms with E-state index in [1.807, 2.05) is 0 Å². The average Bonchev–Trinajstić information content (AvgIpc) is 2.74. The Labute approximate surface area is 114 Å². The van der Waals surface area contributed by atoms with E-state index < -0.39 is 25.8 Å². The van der Waals surface area contributed by atoms with E-state index >= 15 is 0 Å². The molecule has 1 aromatic carbocycles. The number of H-pyrrole nitrogens is 1. The number of anilines is 1. The van der Waals surface area contributed by atoms with Crippen LogP contribution in [0.5, 0.6) is 0 Å². The minimum Gasteiger partial charge on any atom is -0.480 e. The van der Waals surface area contributed by atoms with Crippen molar-refractivity contribution in [2.75, 3.05) is 5.32 Å². The van der Waals surface area contributed by atoms with E-state index in [1.54, 1.807) is 6.07 Å². The number of benzene rings is 1. The molecule has 108 valence electrons. The fourth-order valence-electron chi connectivity index (χ4n) is 1.84. The SMILES string of the molecule is C[C@H](Nc1cc(CP(=O)(O)O)cc2[nH]cnc12)C(=O)O. The van der Waals surface area contributed by atoms with E-state index in [0.717, 1.165) is 0 Å². The summed E-state index contributed by atoms with van der Waals surface area (Å²) in [5.41, 5.74) is 1.92. The summed E-state index contributed by atoms with van der Waals surface area (Å²) in [4.78, 5) is 35.8. The van der Waals surface area contributed by atoms with Crippen molar-refractivity contribution in [2.45, 2.75) is 19.1 Å². The Morgan fingerprint density at radius 3 is 2.80 bits per heavy atom. The van der Waals surface area contributed by atoms with E-state index in [0.29, 0.717) is 22.3 Å². The molecule has 20 heavy (non-hydrogen) atoms. The Kier molecular flexibility index (Phi) is 3.80. The molecule has 1 heterocycles.